The maximum absolute atomic E-state index is 12.0. The van der Waals surface area contributed by atoms with Crippen LogP contribution in [-0.2, 0) is 4.79 Å². The SMILES string of the molecule is COc1ccc(C(=O)NN=C(C=Cc2ccccc2)C(=O)O)cc1. The number of carbonyl (C=O) groups excluding carboxylic acids is 1. The van der Waals surface area contributed by atoms with Gasteiger partial charge in [0, 0.05) is 5.56 Å². The van der Waals surface area contributed by atoms with Crippen LogP contribution < -0.4 is 10.2 Å². The minimum atomic E-state index is -1.24. The monoisotopic (exact) mass is 324 g/mol. The summed E-state index contributed by atoms with van der Waals surface area (Å²) >= 11 is 0. The van der Waals surface area contributed by atoms with E-state index in [1.807, 2.05) is 30.3 Å². The molecule has 0 bridgehead atoms. The van der Waals surface area contributed by atoms with Crippen LogP contribution >= 0.6 is 0 Å². The summed E-state index contributed by atoms with van der Waals surface area (Å²) in [6.07, 6.45) is 2.93. The van der Waals surface area contributed by atoms with E-state index in [0.29, 0.717) is 11.3 Å². The van der Waals surface area contributed by atoms with Crippen LogP contribution in [0.25, 0.3) is 6.08 Å². The van der Waals surface area contributed by atoms with Crippen molar-refractivity contribution in [2.24, 2.45) is 5.10 Å². The third-order valence-electron chi connectivity index (χ3n) is 3.08. The summed E-state index contributed by atoms with van der Waals surface area (Å²) in [6, 6.07) is 15.6. The molecule has 2 aromatic carbocycles. The third-order valence-corrected chi connectivity index (χ3v) is 3.08. The molecule has 122 valence electrons. The second-order valence-electron chi connectivity index (χ2n) is 4.72. The number of hydrogen-bond donors (Lipinski definition) is 2. The van der Waals surface area contributed by atoms with Crippen molar-refractivity contribution in [2.75, 3.05) is 7.11 Å². The lowest BCUT2D eigenvalue weighted by Gasteiger charge is -2.03. The highest BCUT2D eigenvalue weighted by atomic mass is 16.5. The van der Waals surface area contributed by atoms with Gasteiger partial charge in [-0.2, -0.15) is 5.10 Å². The molecule has 0 unspecified atom stereocenters. The van der Waals surface area contributed by atoms with Crippen molar-refractivity contribution in [2.45, 2.75) is 0 Å². The van der Waals surface area contributed by atoms with Gasteiger partial charge in [0.15, 0.2) is 5.71 Å². The molecule has 0 fully saturated rings. The van der Waals surface area contributed by atoms with Crippen LogP contribution in [0.15, 0.2) is 65.8 Å². The second kappa shape index (κ2) is 8.28. The number of carboxylic acid groups (broad SMARTS) is 1. The Kier molecular flexibility index (Phi) is 5.85. The molecule has 2 rings (SSSR count). The van der Waals surface area contributed by atoms with Crippen LogP contribution in [0, 0.1) is 0 Å². The van der Waals surface area contributed by atoms with Crippen LogP contribution in [-0.4, -0.2) is 29.8 Å². The van der Waals surface area contributed by atoms with Gasteiger partial charge in [-0.15, -0.1) is 0 Å². The molecule has 0 aliphatic heterocycles. The van der Waals surface area contributed by atoms with Gasteiger partial charge in [0.05, 0.1) is 7.11 Å². The highest BCUT2D eigenvalue weighted by molar-refractivity contribution is 6.41. The minimum absolute atomic E-state index is 0.277. The molecule has 0 atom stereocenters. The average Bonchev–Trinajstić information content (AvgIpc) is 2.62. The smallest absolute Gasteiger partial charge is 0.356 e. The second-order valence-corrected chi connectivity index (χ2v) is 4.72. The number of methoxy groups -OCH3 is 1. The molecule has 2 aromatic rings. The largest absolute Gasteiger partial charge is 0.497 e. The van der Waals surface area contributed by atoms with Crippen LogP contribution in [0.3, 0.4) is 0 Å². The molecular weight excluding hydrogens is 308 g/mol. The summed E-state index contributed by atoms with van der Waals surface area (Å²) in [7, 11) is 1.53. The molecule has 0 heterocycles. The minimum Gasteiger partial charge on any atom is -0.497 e. The Hall–Kier alpha value is -3.41. The average molecular weight is 324 g/mol. The molecule has 0 aliphatic carbocycles. The lowest BCUT2D eigenvalue weighted by atomic mass is 10.2. The number of carbonyl (C=O) groups is 2. The summed E-state index contributed by atoms with van der Waals surface area (Å²) in [5.41, 5.74) is 3.12. The number of ether oxygens (including phenoxy) is 1. The van der Waals surface area contributed by atoms with Crippen LogP contribution in [0.5, 0.6) is 5.75 Å². The zero-order valence-electron chi connectivity index (χ0n) is 13.0. The van der Waals surface area contributed by atoms with Gasteiger partial charge in [-0.3, -0.25) is 4.79 Å². The normalized spacial score (nSPS) is 11.3. The number of amides is 1. The Morgan fingerprint density at radius 1 is 1.08 bits per heavy atom. The van der Waals surface area contributed by atoms with Crippen LogP contribution in [0.4, 0.5) is 0 Å². The van der Waals surface area contributed by atoms with E-state index in [9.17, 15) is 9.59 Å². The lowest BCUT2D eigenvalue weighted by molar-refractivity contribution is -0.129. The maximum atomic E-state index is 12.0. The van der Waals surface area contributed by atoms with Crippen molar-refractivity contribution in [3.8, 4) is 5.75 Å². The van der Waals surface area contributed by atoms with Crippen molar-refractivity contribution in [1.29, 1.82) is 0 Å². The summed E-state index contributed by atoms with van der Waals surface area (Å²) in [6.45, 7) is 0. The molecule has 24 heavy (non-hydrogen) atoms. The molecule has 0 saturated carbocycles. The van der Waals surface area contributed by atoms with E-state index in [1.54, 1.807) is 30.3 Å². The summed E-state index contributed by atoms with van der Waals surface area (Å²) in [5, 5.41) is 12.8. The first-order valence-electron chi connectivity index (χ1n) is 7.08. The number of aliphatic carboxylic acids is 1. The highest BCUT2D eigenvalue weighted by Gasteiger charge is 2.08. The standard InChI is InChI=1S/C18H16N2O4/c1-24-15-10-8-14(9-11-15)17(21)20-19-16(18(22)23)12-7-13-5-3-2-4-6-13/h2-12H,1H3,(H,20,21)(H,22,23). The number of nitrogens with zero attached hydrogens (tertiary/aromatic N) is 1. The maximum Gasteiger partial charge on any atom is 0.356 e. The van der Waals surface area contributed by atoms with E-state index < -0.39 is 11.9 Å². The molecule has 0 aliphatic rings. The Labute approximate surface area is 139 Å². The van der Waals surface area contributed by atoms with E-state index in [2.05, 4.69) is 10.5 Å². The van der Waals surface area contributed by atoms with Crippen molar-refractivity contribution < 1.29 is 19.4 Å². The molecular formula is C18H16N2O4. The van der Waals surface area contributed by atoms with Gasteiger partial charge in [0.1, 0.15) is 5.75 Å². The van der Waals surface area contributed by atoms with Gasteiger partial charge in [0.2, 0.25) is 0 Å². The first-order valence-corrected chi connectivity index (χ1v) is 7.08. The van der Waals surface area contributed by atoms with Crippen LogP contribution in [0.2, 0.25) is 0 Å². The molecule has 6 heteroatoms. The van der Waals surface area contributed by atoms with Gasteiger partial charge in [-0.05, 0) is 35.9 Å². The number of carboxylic acids is 1. The van der Waals surface area contributed by atoms with Crippen molar-refractivity contribution >= 4 is 23.7 Å². The van der Waals surface area contributed by atoms with Gasteiger partial charge in [0.25, 0.3) is 5.91 Å². The fourth-order valence-electron chi connectivity index (χ4n) is 1.81. The van der Waals surface area contributed by atoms with Gasteiger partial charge >= 0.3 is 5.97 Å². The summed E-state index contributed by atoms with van der Waals surface area (Å²) in [5.74, 6) is -1.13. The molecule has 0 aromatic heterocycles. The topological polar surface area (TPSA) is 88.0 Å². The van der Waals surface area contributed by atoms with E-state index in [0.717, 1.165) is 5.56 Å². The zero-order valence-corrected chi connectivity index (χ0v) is 13.0. The Bertz CT molecular complexity index is 765. The predicted molar refractivity (Wildman–Crippen MR) is 91.0 cm³/mol. The van der Waals surface area contributed by atoms with Crippen molar-refractivity contribution in [1.82, 2.24) is 5.43 Å². The van der Waals surface area contributed by atoms with Gasteiger partial charge in [-0.1, -0.05) is 36.4 Å². The number of hydrazone groups is 1. The fraction of sp³-hybridized carbons (Fsp3) is 0.0556. The first kappa shape index (κ1) is 17.0. The number of benzene rings is 2. The number of nitrogens with one attached hydrogen (secondary N) is 1. The zero-order chi connectivity index (χ0) is 17.4. The molecule has 0 saturated heterocycles. The predicted octanol–water partition coefficient (Wildman–Crippen LogP) is 2.58. The van der Waals surface area contributed by atoms with E-state index in [1.165, 1.54) is 13.2 Å². The molecule has 2 N–H and O–H groups in total. The van der Waals surface area contributed by atoms with Crippen LogP contribution in [0.1, 0.15) is 15.9 Å². The number of rotatable bonds is 6. The molecule has 0 spiro atoms. The number of hydrogen-bond acceptors (Lipinski definition) is 4. The molecule has 6 nitrogen and oxygen atoms in total. The lowest BCUT2D eigenvalue weighted by Crippen LogP contribution is -2.22. The third kappa shape index (κ3) is 4.81. The Morgan fingerprint density at radius 3 is 2.33 bits per heavy atom. The Balaban J connectivity index is 2.08. The van der Waals surface area contributed by atoms with Gasteiger partial charge < -0.3 is 9.84 Å². The van der Waals surface area contributed by atoms with E-state index in [4.69, 9.17) is 9.84 Å². The first-order chi connectivity index (χ1) is 11.6. The van der Waals surface area contributed by atoms with Gasteiger partial charge in [-0.25, -0.2) is 10.2 Å². The molecule has 0 radical (unpaired) electrons. The molecule has 1 amide bonds. The quantitative estimate of drug-likeness (QED) is 0.631. The summed E-state index contributed by atoms with van der Waals surface area (Å²) in [4.78, 5) is 23.2. The highest BCUT2D eigenvalue weighted by Crippen LogP contribution is 2.11. The Morgan fingerprint density at radius 2 is 1.75 bits per heavy atom. The van der Waals surface area contributed by atoms with E-state index in [-0.39, 0.29) is 5.71 Å². The summed E-state index contributed by atoms with van der Waals surface area (Å²) < 4.78 is 5.01. The van der Waals surface area contributed by atoms with Crippen molar-refractivity contribution in [3.05, 3.63) is 71.8 Å². The van der Waals surface area contributed by atoms with Crippen molar-refractivity contribution in [3.63, 3.8) is 0 Å². The van der Waals surface area contributed by atoms with E-state index >= 15 is 0 Å². The fourth-order valence-corrected chi connectivity index (χ4v) is 1.81.